The number of pyridine rings is 1. The Labute approximate surface area is 199 Å². The number of piperidine rings is 3. The van der Waals surface area contributed by atoms with Gasteiger partial charge in [0.25, 0.3) is 0 Å². The maximum Gasteiger partial charge on any atom is 0.338 e. The lowest BCUT2D eigenvalue weighted by molar-refractivity contribution is -0.0568. The molecular weight excluding hydrogens is 436 g/mol. The second kappa shape index (κ2) is 9.16. The van der Waals surface area contributed by atoms with Gasteiger partial charge in [-0.1, -0.05) is 17.7 Å². The molecule has 3 aliphatic rings. The largest absolute Gasteiger partial charge is 0.497 e. The molecule has 0 N–H and O–H groups in total. The minimum absolute atomic E-state index is 0.0907. The minimum atomic E-state index is -0.431. The molecule has 1 aromatic heterocycles. The van der Waals surface area contributed by atoms with Gasteiger partial charge in [-0.05, 0) is 79.8 Å². The average Bonchev–Trinajstić information content (AvgIpc) is 2.87. The van der Waals surface area contributed by atoms with E-state index in [9.17, 15) is 4.79 Å². The number of hydrogen-bond donors (Lipinski definition) is 0. The van der Waals surface area contributed by atoms with Crippen LogP contribution in [0.3, 0.4) is 0 Å². The highest BCUT2D eigenvalue weighted by molar-refractivity contribution is 6.30. The van der Waals surface area contributed by atoms with Crippen LogP contribution in [0.15, 0.2) is 67.4 Å². The highest BCUT2D eigenvalue weighted by atomic mass is 35.5. The summed E-state index contributed by atoms with van der Waals surface area (Å²) in [5.41, 5.74) is 2.29. The van der Waals surface area contributed by atoms with Crippen LogP contribution < -0.4 is 4.74 Å². The van der Waals surface area contributed by atoms with Crippen molar-refractivity contribution in [1.82, 2.24) is 9.88 Å². The summed E-state index contributed by atoms with van der Waals surface area (Å²) in [6, 6.07) is 14.7. The van der Waals surface area contributed by atoms with E-state index in [1.165, 1.54) is 0 Å². The summed E-state index contributed by atoms with van der Waals surface area (Å²) >= 11 is 6.02. The molecule has 4 heterocycles. The molecule has 0 amide bonds. The Balaban J connectivity index is 1.56. The van der Waals surface area contributed by atoms with Crippen LogP contribution in [0.2, 0.25) is 5.02 Å². The fourth-order valence-corrected chi connectivity index (χ4v) is 5.46. The summed E-state index contributed by atoms with van der Waals surface area (Å²) in [7, 11) is 1.65. The van der Waals surface area contributed by atoms with Crippen LogP contribution in [0.1, 0.15) is 34.9 Å². The van der Waals surface area contributed by atoms with Crippen LogP contribution in [-0.2, 0) is 4.74 Å². The highest BCUT2D eigenvalue weighted by Gasteiger charge is 2.44. The molecule has 6 heteroatoms. The Hall–Kier alpha value is -2.89. The van der Waals surface area contributed by atoms with Crippen molar-refractivity contribution in [1.29, 1.82) is 0 Å². The summed E-state index contributed by atoms with van der Waals surface area (Å²) in [6.45, 7) is 5.99. The third-order valence-corrected chi connectivity index (χ3v) is 7.36. The predicted octanol–water partition coefficient (Wildman–Crippen LogP) is 5.69. The molecule has 0 radical (unpaired) electrons. The number of esters is 1. The number of carbonyl (C=O) groups is 1. The summed E-state index contributed by atoms with van der Waals surface area (Å²) in [4.78, 5) is 20.2. The molecule has 3 aliphatic heterocycles. The monoisotopic (exact) mass is 462 g/mol. The molecular formula is C27H27ClN2O3. The smallest absolute Gasteiger partial charge is 0.338 e. The molecule has 5 nitrogen and oxygen atoms in total. The van der Waals surface area contributed by atoms with E-state index in [2.05, 4.69) is 22.5 Å². The molecule has 2 aromatic carbocycles. The molecule has 3 saturated heterocycles. The van der Waals surface area contributed by atoms with Gasteiger partial charge in [0.05, 0.1) is 24.2 Å². The number of methoxy groups -OCH3 is 1. The molecule has 3 aromatic rings. The second-order valence-electron chi connectivity index (χ2n) is 8.86. The van der Waals surface area contributed by atoms with E-state index < -0.39 is 6.10 Å². The van der Waals surface area contributed by atoms with Crippen molar-refractivity contribution in [3.8, 4) is 5.75 Å². The molecule has 1 unspecified atom stereocenters. The number of hydrogen-bond acceptors (Lipinski definition) is 5. The number of nitrogens with zero attached hydrogens (tertiary/aromatic N) is 2. The molecule has 3 fully saturated rings. The maximum absolute atomic E-state index is 13.2. The second-order valence-corrected chi connectivity index (χ2v) is 9.30. The Morgan fingerprint density at radius 3 is 2.76 bits per heavy atom. The van der Waals surface area contributed by atoms with Crippen LogP contribution in [0, 0.1) is 11.8 Å². The zero-order valence-corrected chi connectivity index (χ0v) is 19.4. The Morgan fingerprint density at radius 2 is 2.06 bits per heavy atom. The van der Waals surface area contributed by atoms with E-state index in [4.69, 9.17) is 21.1 Å². The molecule has 0 saturated carbocycles. The zero-order chi connectivity index (χ0) is 22.9. The average molecular weight is 463 g/mol. The van der Waals surface area contributed by atoms with Crippen LogP contribution in [-0.4, -0.2) is 42.1 Å². The van der Waals surface area contributed by atoms with E-state index in [0.29, 0.717) is 22.4 Å². The molecule has 5 atom stereocenters. The van der Waals surface area contributed by atoms with Crippen LogP contribution in [0.25, 0.3) is 10.9 Å². The normalized spacial score (nSPS) is 24.9. The van der Waals surface area contributed by atoms with Gasteiger partial charge in [-0.15, -0.1) is 6.58 Å². The number of carbonyl (C=O) groups excluding carboxylic acids is 1. The molecule has 0 spiro atoms. The molecule has 33 heavy (non-hydrogen) atoms. The summed E-state index contributed by atoms with van der Waals surface area (Å²) < 4.78 is 11.8. The minimum Gasteiger partial charge on any atom is -0.497 e. The lowest BCUT2D eigenvalue weighted by Crippen LogP contribution is -2.55. The van der Waals surface area contributed by atoms with Gasteiger partial charge in [-0.25, -0.2) is 4.79 Å². The number of ether oxygens (including phenoxy) is 2. The first-order valence-corrected chi connectivity index (χ1v) is 11.7. The molecule has 0 aliphatic carbocycles. The number of benzene rings is 2. The van der Waals surface area contributed by atoms with E-state index >= 15 is 0 Å². The standard InChI is InChI=1S/C27H27ClN2O3/c1-3-17-16-30-13-11-19(17)14-25(30)26(33-27(31)18-4-6-20(28)7-5-18)22-10-12-29-24-9-8-21(32-2)15-23(22)24/h3-10,12,15,17,19,25-26H,1,11,13-14,16H2,2H3/t17-,19+,25+,26+/m0/s1. The Morgan fingerprint density at radius 1 is 1.24 bits per heavy atom. The van der Waals surface area contributed by atoms with Crippen LogP contribution >= 0.6 is 11.6 Å². The third-order valence-electron chi connectivity index (χ3n) is 7.11. The Kier molecular flexibility index (Phi) is 6.09. The molecule has 2 bridgehead atoms. The van der Waals surface area contributed by atoms with Gasteiger partial charge in [0.15, 0.2) is 0 Å². The SMILES string of the molecule is C=C[C@H]1CN2CC[C@@H]1C[C@@H]2[C@H](OC(=O)c1ccc(Cl)cc1)c1ccnc2ccc(OC)cc12. The highest BCUT2D eigenvalue weighted by Crippen LogP contribution is 2.44. The first-order chi connectivity index (χ1) is 16.1. The Bertz CT molecular complexity index is 1180. The van der Waals surface area contributed by atoms with Crippen LogP contribution in [0.4, 0.5) is 0 Å². The van der Waals surface area contributed by atoms with Gasteiger partial charge in [0, 0.05) is 28.7 Å². The zero-order valence-electron chi connectivity index (χ0n) is 18.6. The van der Waals surface area contributed by atoms with Crippen LogP contribution in [0.5, 0.6) is 5.75 Å². The number of rotatable bonds is 6. The summed E-state index contributed by atoms with van der Waals surface area (Å²) in [5.74, 6) is 1.43. The van der Waals surface area contributed by atoms with Crippen molar-refractivity contribution in [2.75, 3.05) is 20.2 Å². The van der Waals surface area contributed by atoms with Crippen molar-refractivity contribution >= 4 is 28.5 Å². The van der Waals surface area contributed by atoms with Crippen molar-refractivity contribution in [3.05, 3.63) is 83.5 Å². The summed E-state index contributed by atoms with van der Waals surface area (Å²) in [6.07, 6.45) is 5.54. The fourth-order valence-electron chi connectivity index (χ4n) is 5.33. The lowest BCUT2D eigenvalue weighted by atomic mass is 9.73. The third kappa shape index (κ3) is 4.23. The lowest BCUT2D eigenvalue weighted by Gasteiger charge is -2.51. The van der Waals surface area contributed by atoms with E-state index in [-0.39, 0.29) is 12.0 Å². The number of fused-ring (bicyclic) bond motifs is 4. The van der Waals surface area contributed by atoms with Gasteiger partial charge in [0.1, 0.15) is 11.9 Å². The van der Waals surface area contributed by atoms with Crippen molar-refractivity contribution in [2.24, 2.45) is 11.8 Å². The molecule has 6 rings (SSSR count). The van der Waals surface area contributed by atoms with Crippen molar-refractivity contribution in [3.63, 3.8) is 0 Å². The fraction of sp³-hybridized carbons (Fsp3) is 0.333. The summed E-state index contributed by atoms with van der Waals surface area (Å²) in [5, 5.41) is 1.52. The van der Waals surface area contributed by atoms with Gasteiger partial charge >= 0.3 is 5.97 Å². The van der Waals surface area contributed by atoms with Gasteiger partial charge in [-0.2, -0.15) is 0 Å². The van der Waals surface area contributed by atoms with Gasteiger partial charge < -0.3 is 9.47 Å². The quantitative estimate of drug-likeness (QED) is 0.348. The van der Waals surface area contributed by atoms with E-state index in [1.54, 1.807) is 37.6 Å². The topological polar surface area (TPSA) is 51.7 Å². The number of halogens is 1. The first kappa shape index (κ1) is 21.9. The van der Waals surface area contributed by atoms with E-state index in [1.807, 2.05) is 24.3 Å². The van der Waals surface area contributed by atoms with Gasteiger partial charge in [0.2, 0.25) is 0 Å². The first-order valence-electron chi connectivity index (χ1n) is 11.3. The molecule has 170 valence electrons. The van der Waals surface area contributed by atoms with E-state index in [0.717, 1.165) is 48.1 Å². The van der Waals surface area contributed by atoms with Crippen molar-refractivity contribution in [2.45, 2.75) is 25.0 Å². The van der Waals surface area contributed by atoms with Crippen molar-refractivity contribution < 1.29 is 14.3 Å². The number of aromatic nitrogens is 1. The van der Waals surface area contributed by atoms with Gasteiger partial charge in [-0.3, -0.25) is 9.88 Å². The maximum atomic E-state index is 13.2. The predicted molar refractivity (Wildman–Crippen MR) is 130 cm³/mol.